The minimum Gasteiger partial charge on any atom is -0.348 e. The summed E-state index contributed by atoms with van der Waals surface area (Å²) in [5, 5.41) is 0. The third-order valence-corrected chi connectivity index (χ3v) is 5.25. The third kappa shape index (κ3) is 3.22. The van der Waals surface area contributed by atoms with E-state index in [0.29, 0.717) is 12.5 Å². The average Bonchev–Trinajstić information content (AvgIpc) is 3.16. The number of nitrogens with one attached hydrogen (secondary N) is 1. The van der Waals surface area contributed by atoms with E-state index < -0.39 is 0 Å². The monoisotopic (exact) mass is 324 g/mol. The second-order valence-corrected chi connectivity index (χ2v) is 6.88. The van der Waals surface area contributed by atoms with Crippen molar-refractivity contribution in [3.8, 4) is 0 Å². The Morgan fingerprint density at radius 1 is 1.25 bits per heavy atom. The van der Waals surface area contributed by atoms with Gasteiger partial charge in [0.2, 0.25) is 5.91 Å². The lowest BCUT2D eigenvalue weighted by Crippen LogP contribution is -2.45. The minimum atomic E-state index is 0.255. The summed E-state index contributed by atoms with van der Waals surface area (Å²) < 4.78 is 0. The van der Waals surface area contributed by atoms with E-state index in [2.05, 4.69) is 39.1 Å². The fraction of sp³-hybridized carbons (Fsp3) is 0.474. The molecule has 4 rings (SSSR count). The zero-order chi connectivity index (χ0) is 16.4. The van der Waals surface area contributed by atoms with Crippen molar-refractivity contribution < 1.29 is 4.79 Å². The second kappa shape index (κ2) is 6.77. The van der Waals surface area contributed by atoms with Gasteiger partial charge in [-0.3, -0.25) is 9.69 Å². The first-order valence-corrected chi connectivity index (χ1v) is 8.86. The molecule has 0 spiro atoms. The lowest BCUT2D eigenvalue weighted by molar-refractivity contribution is -0.133. The molecule has 24 heavy (non-hydrogen) atoms. The van der Waals surface area contributed by atoms with Crippen LogP contribution in [0.15, 0.2) is 36.7 Å². The number of carbonyl (C=O) groups excluding carboxylic acids is 1. The smallest absolute Gasteiger partial charge is 0.236 e. The first-order chi connectivity index (χ1) is 11.8. The molecule has 1 saturated heterocycles. The summed E-state index contributed by atoms with van der Waals surface area (Å²) in [5.74, 6) is 1.62. The van der Waals surface area contributed by atoms with Crippen LogP contribution in [0.4, 0.5) is 0 Å². The highest BCUT2D eigenvalue weighted by Gasteiger charge is 2.27. The van der Waals surface area contributed by atoms with Crippen molar-refractivity contribution in [1.82, 2.24) is 19.8 Å². The summed E-state index contributed by atoms with van der Waals surface area (Å²) in [4.78, 5) is 24.6. The van der Waals surface area contributed by atoms with Crippen LogP contribution >= 0.6 is 0 Å². The molecule has 1 fully saturated rings. The van der Waals surface area contributed by atoms with Gasteiger partial charge < -0.3 is 9.88 Å². The number of carbonyl (C=O) groups is 1. The minimum absolute atomic E-state index is 0.255. The van der Waals surface area contributed by atoms with E-state index in [1.807, 2.05) is 11.1 Å². The number of rotatable bonds is 3. The molecule has 0 saturated carbocycles. The highest BCUT2D eigenvalue weighted by Crippen LogP contribution is 2.25. The number of piperidine rings is 1. The number of H-pyrrole nitrogens is 1. The van der Waals surface area contributed by atoms with Crippen LogP contribution in [0.25, 0.3) is 0 Å². The fourth-order valence-electron chi connectivity index (χ4n) is 3.91. The van der Waals surface area contributed by atoms with Gasteiger partial charge in [0.15, 0.2) is 0 Å². The fourth-order valence-corrected chi connectivity index (χ4v) is 3.91. The van der Waals surface area contributed by atoms with Gasteiger partial charge in [0.05, 0.1) is 6.54 Å². The van der Waals surface area contributed by atoms with E-state index in [1.54, 1.807) is 6.20 Å². The molecule has 126 valence electrons. The zero-order valence-corrected chi connectivity index (χ0v) is 13.9. The summed E-state index contributed by atoms with van der Waals surface area (Å²) in [6, 6.07) is 8.57. The highest BCUT2D eigenvalue weighted by molar-refractivity contribution is 5.78. The molecule has 0 radical (unpaired) electrons. The van der Waals surface area contributed by atoms with E-state index in [0.717, 1.165) is 51.3 Å². The first kappa shape index (κ1) is 15.4. The number of hydrogen-bond acceptors (Lipinski definition) is 3. The van der Waals surface area contributed by atoms with Crippen LogP contribution in [0, 0.1) is 0 Å². The largest absolute Gasteiger partial charge is 0.348 e. The summed E-state index contributed by atoms with van der Waals surface area (Å²) in [6.45, 7) is 4.05. The molecular weight excluding hydrogens is 300 g/mol. The van der Waals surface area contributed by atoms with E-state index in [9.17, 15) is 4.79 Å². The molecule has 1 amide bonds. The van der Waals surface area contributed by atoms with Crippen molar-refractivity contribution in [3.05, 3.63) is 53.6 Å². The molecule has 0 unspecified atom stereocenters. The first-order valence-electron chi connectivity index (χ1n) is 8.86. The van der Waals surface area contributed by atoms with Crippen molar-refractivity contribution in [2.24, 2.45) is 0 Å². The summed E-state index contributed by atoms with van der Waals surface area (Å²) in [7, 11) is 0. The predicted octanol–water partition coefficient (Wildman–Crippen LogP) is 2.17. The highest BCUT2D eigenvalue weighted by atomic mass is 16.2. The number of imidazole rings is 1. The van der Waals surface area contributed by atoms with Gasteiger partial charge in [-0.25, -0.2) is 4.98 Å². The van der Waals surface area contributed by atoms with Crippen LogP contribution in [0.2, 0.25) is 0 Å². The Morgan fingerprint density at radius 3 is 2.96 bits per heavy atom. The van der Waals surface area contributed by atoms with E-state index >= 15 is 0 Å². The third-order valence-electron chi connectivity index (χ3n) is 5.25. The van der Waals surface area contributed by atoms with Gasteiger partial charge in [0.25, 0.3) is 0 Å². The van der Waals surface area contributed by atoms with Crippen molar-refractivity contribution in [2.75, 3.05) is 26.2 Å². The molecule has 2 aromatic rings. The number of aromatic amines is 1. The van der Waals surface area contributed by atoms with E-state index in [1.165, 1.54) is 11.1 Å². The maximum Gasteiger partial charge on any atom is 0.236 e. The molecule has 0 aliphatic carbocycles. The summed E-state index contributed by atoms with van der Waals surface area (Å²) in [5.41, 5.74) is 2.79. The van der Waals surface area contributed by atoms with Gasteiger partial charge in [-0.1, -0.05) is 24.3 Å². The van der Waals surface area contributed by atoms with Crippen molar-refractivity contribution >= 4 is 5.91 Å². The number of fused-ring (bicyclic) bond motifs is 1. The van der Waals surface area contributed by atoms with Crippen LogP contribution in [0.1, 0.15) is 35.7 Å². The van der Waals surface area contributed by atoms with Crippen LogP contribution in [-0.4, -0.2) is 51.9 Å². The lowest BCUT2D eigenvalue weighted by atomic mass is 9.97. The predicted molar refractivity (Wildman–Crippen MR) is 92.6 cm³/mol. The topological polar surface area (TPSA) is 52.2 Å². The second-order valence-electron chi connectivity index (χ2n) is 6.88. The summed E-state index contributed by atoms with van der Waals surface area (Å²) in [6.07, 6.45) is 6.86. The molecule has 1 aromatic carbocycles. The van der Waals surface area contributed by atoms with Crippen LogP contribution in [-0.2, 0) is 17.8 Å². The molecule has 1 aromatic heterocycles. The molecule has 2 aliphatic heterocycles. The average molecular weight is 324 g/mol. The molecule has 5 nitrogen and oxygen atoms in total. The molecule has 0 bridgehead atoms. The van der Waals surface area contributed by atoms with Crippen molar-refractivity contribution in [2.45, 2.75) is 31.7 Å². The Kier molecular flexibility index (Phi) is 4.34. The Morgan fingerprint density at radius 2 is 2.12 bits per heavy atom. The normalized spacial score (nSPS) is 21.5. The van der Waals surface area contributed by atoms with Gasteiger partial charge in [-0.2, -0.15) is 0 Å². The maximum atomic E-state index is 12.7. The number of aromatic nitrogens is 2. The van der Waals surface area contributed by atoms with Gasteiger partial charge in [-0.15, -0.1) is 0 Å². The van der Waals surface area contributed by atoms with Crippen molar-refractivity contribution in [3.63, 3.8) is 0 Å². The van der Waals surface area contributed by atoms with Gasteiger partial charge in [0.1, 0.15) is 5.82 Å². The zero-order valence-electron chi connectivity index (χ0n) is 13.9. The van der Waals surface area contributed by atoms with Crippen LogP contribution < -0.4 is 0 Å². The SMILES string of the molecule is O=C(CN1CCc2ccccc2C1)N1CCC[C@@H](c2ncc[nH]2)C1. The maximum absolute atomic E-state index is 12.7. The number of benzene rings is 1. The molecule has 3 heterocycles. The Hall–Kier alpha value is -2.14. The summed E-state index contributed by atoms with van der Waals surface area (Å²) >= 11 is 0. The Labute approximate surface area is 142 Å². The quantitative estimate of drug-likeness (QED) is 0.941. The lowest BCUT2D eigenvalue weighted by Gasteiger charge is -2.34. The number of nitrogens with zero attached hydrogens (tertiary/aromatic N) is 3. The van der Waals surface area contributed by atoms with E-state index in [-0.39, 0.29) is 5.91 Å². The molecular formula is C19H24N4O. The molecule has 1 atom stereocenters. The van der Waals surface area contributed by atoms with Gasteiger partial charge in [0, 0.05) is 44.5 Å². The number of amides is 1. The van der Waals surface area contributed by atoms with Crippen LogP contribution in [0.3, 0.4) is 0 Å². The Bertz CT molecular complexity index is 697. The standard InChI is InChI=1S/C19H24N4O/c24-18(14-22-11-7-15-4-1-2-5-16(15)12-22)23-10-3-6-17(13-23)19-20-8-9-21-19/h1-2,4-5,8-9,17H,3,6-7,10-14H2,(H,20,21)/t17-/m1/s1. The van der Waals surface area contributed by atoms with E-state index in [4.69, 9.17) is 0 Å². The van der Waals surface area contributed by atoms with Crippen molar-refractivity contribution in [1.29, 1.82) is 0 Å². The molecule has 1 N–H and O–H groups in total. The number of hydrogen-bond donors (Lipinski definition) is 1. The molecule has 2 aliphatic rings. The van der Waals surface area contributed by atoms with Crippen LogP contribution in [0.5, 0.6) is 0 Å². The Balaban J connectivity index is 1.36. The number of likely N-dealkylation sites (tertiary alicyclic amines) is 1. The molecule has 5 heteroatoms. The van der Waals surface area contributed by atoms with Gasteiger partial charge >= 0.3 is 0 Å². The van der Waals surface area contributed by atoms with Gasteiger partial charge in [-0.05, 0) is 30.4 Å².